The van der Waals surface area contributed by atoms with E-state index in [1.54, 1.807) is 19.5 Å². The van der Waals surface area contributed by atoms with E-state index in [-0.39, 0.29) is 0 Å². The molecule has 1 aromatic rings. The lowest BCUT2D eigenvalue weighted by molar-refractivity contribution is 0.163. The van der Waals surface area contributed by atoms with E-state index in [0.717, 1.165) is 37.6 Å². The average molecular weight is 222 g/mol. The van der Waals surface area contributed by atoms with Gasteiger partial charge in [-0.15, -0.1) is 0 Å². The van der Waals surface area contributed by atoms with Crippen molar-refractivity contribution in [1.82, 2.24) is 10.3 Å². The third-order valence-electron chi connectivity index (χ3n) is 2.79. The van der Waals surface area contributed by atoms with Crippen molar-refractivity contribution in [2.24, 2.45) is 0 Å². The Balaban J connectivity index is 2.07. The van der Waals surface area contributed by atoms with Crippen LogP contribution in [-0.4, -0.2) is 44.4 Å². The Kier molecular flexibility index (Phi) is 3.58. The molecule has 1 fully saturated rings. The fourth-order valence-electron chi connectivity index (χ4n) is 2.04. The maximum atomic E-state index is 5.91. The molecule has 2 heterocycles. The summed E-state index contributed by atoms with van der Waals surface area (Å²) in [5, 5.41) is 3.42. The third kappa shape index (κ3) is 2.43. The molecule has 1 aliphatic heterocycles. The molecule has 5 nitrogen and oxygen atoms in total. The molecule has 1 aromatic heterocycles. The van der Waals surface area contributed by atoms with Gasteiger partial charge in [-0.25, -0.2) is 0 Å². The number of methoxy groups -OCH3 is 1. The van der Waals surface area contributed by atoms with Crippen LogP contribution >= 0.6 is 0 Å². The van der Waals surface area contributed by atoms with Gasteiger partial charge in [-0.3, -0.25) is 4.98 Å². The zero-order chi connectivity index (χ0) is 11.4. The minimum Gasteiger partial charge on any atom is -0.396 e. The van der Waals surface area contributed by atoms with Crippen LogP contribution in [0.25, 0.3) is 0 Å². The molecule has 16 heavy (non-hydrogen) atoms. The molecule has 3 N–H and O–H groups in total. The molecule has 88 valence electrons. The number of ether oxygens (including phenoxy) is 1. The first-order valence-corrected chi connectivity index (χ1v) is 5.48. The Morgan fingerprint density at radius 1 is 1.69 bits per heavy atom. The SMILES string of the molecule is COC[C@@H]1CN(c2ccncc2N)CCN1. The Morgan fingerprint density at radius 3 is 3.31 bits per heavy atom. The van der Waals surface area contributed by atoms with E-state index < -0.39 is 0 Å². The average Bonchev–Trinajstić information content (AvgIpc) is 2.30. The van der Waals surface area contributed by atoms with Gasteiger partial charge in [0, 0.05) is 39.0 Å². The molecule has 1 atom stereocenters. The van der Waals surface area contributed by atoms with E-state index in [9.17, 15) is 0 Å². The van der Waals surface area contributed by atoms with E-state index in [0.29, 0.717) is 6.04 Å². The lowest BCUT2D eigenvalue weighted by atomic mass is 10.2. The van der Waals surface area contributed by atoms with Crippen LogP contribution in [0.2, 0.25) is 0 Å². The fourth-order valence-corrected chi connectivity index (χ4v) is 2.04. The Morgan fingerprint density at radius 2 is 2.56 bits per heavy atom. The first-order chi connectivity index (χ1) is 7.81. The second kappa shape index (κ2) is 5.14. The molecular formula is C11H18N4O. The van der Waals surface area contributed by atoms with Gasteiger partial charge in [0.1, 0.15) is 0 Å². The van der Waals surface area contributed by atoms with Crippen molar-refractivity contribution in [1.29, 1.82) is 0 Å². The number of nitrogens with one attached hydrogen (secondary N) is 1. The number of hydrogen-bond donors (Lipinski definition) is 2. The highest BCUT2D eigenvalue weighted by atomic mass is 16.5. The Labute approximate surface area is 95.6 Å². The molecule has 2 rings (SSSR count). The van der Waals surface area contributed by atoms with Crippen LogP contribution in [0.5, 0.6) is 0 Å². The van der Waals surface area contributed by atoms with Crippen LogP contribution < -0.4 is 16.0 Å². The standard InChI is InChI=1S/C11H18N4O/c1-16-8-9-7-15(5-4-14-9)11-2-3-13-6-10(11)12/h2-3,6,9,14H,4-5,7-8,12H2,1H3/t9-/m0/s1. The molecule has 1 saturated heterocycles. The van der Waals surface area contributed by atoms with E-state index in [4.69, 9.17) is 10.5 Å². The molecule has 0 spiro atoms. The molecule has 0 unspecified atom stereocenters. The summed E-state index contributed by atoms with van der Waals surface area (Å²) in [7, 11) is 1.72. The van der Waals surface area contributed by atoms with Gasteiger partial charge in [-0.1, -0.05) is 0 Å². The van der Waals surface area contributed by atoms with Gasteiger partial charge in [0.25, 0.3) is 0 Å². The van der Waals surface area contributed by atoms with E-state index in [2.05, 4.69) is 15.2 Å². The summed E-state index contributed by atoms with van der Waals surface area (Å²) in [5.74, 6) is 0. The topological polar surface area (TPSA) is 63.4 Å². The number of nitrogens with two attached hydrogens (primary N) is 1. The highest BCUT2D eigenvalue weighted by Gasteiger charge is 2.20. The molecule has 0 saturated carbocycles. The zero-order valence-corrected chi connectivity index (χ0v) is 9.52. The number of rotatable bonds is 3. The van der Waals surface area contributed by atoms with Crippen LogP contribution in [0.3, 0.4) is 0 Å². The summed E-state index contributed by atoms with van der Waals surface area (Å²) >= 11 is 0. The normalized spacial score (nSPS) is 21.1. The second-order valence-electron chi connectivity index (χ2n) is 3.99. The molecule has 0 aliphatic carbocycles. The van der Waals surface area contributed by atoms with Crippen LogP contribution in [0.15, 0.2) is 18.5 Å². The van der Waals surface area contributed by atoms with Gasteiger partial charge in [0.05, 0.1) is 24.2 Å². The van der Waals surface area contributed by atoms with Crippen molar-refractivity contribution in [2.45, 2.75) is 6.04 Å². The number of aromatic nitrogens is 1. The van der Waals surface area contributed by atoms with E-state index in [1.165, 1.54) is 0 Å². The molecule has 1 aliphatic rings. The summed E-state index contributed by atoms with van der Waals surface area (Å²) in [4.78, 5) is 6.28. The lowest BCUT2D eigenvalue weighted by Gasteiger charge is -2.35. The van der Waals surface area contributed by atoms with Crippen molar-refractivity contribution in [3.63, 3.8) is 0 Å². The quantitative estimate of drug-likeness (QED) is 0.759. The smallest absolute Gasteiger partial charge is 0.0738 e. The monoisotopic (exact) mass is 222 g/mol. The van der Waals surface area contributed by atoms with E-state index in [1.807, 2.05) is 6.07 Å². The summed E-state index contributed by atoms with van der Waals surface area (Å²) < 4.78 is 5.16. The van der Waals surface area contributed by atoms with Crippen molar-refractivity contribution < 1.29 is 4.74 Å². The number of pyridine rings is 1. The third-order valence-corrected chi connectivity index (χ3v) is 2.79. The number of hydrogen-bond acceptors (Lipinski definition) is 5. The highest BCUT2D eigenvalue weighted by Crippen LogP contribution is 2.22. The fraction of sp³-hybridized carbons (Fsp3) is 0.545. The zero-order valence-electron chi connectivity index (χ0n) is 9.52. The van der Waals surface area contributed by atoms with Crippen molar-refractivity contribution in [3.8, 4) is 0 Å². The highest BCUT2D eigenvalue weighted by molar-refractivity contribution is 5.66. The van der Waals surface area contributed by atoms with Crippen LogP contribution in [0.1, 0.15) is 0 Å². The van der Waals surface area contributed by atoms with Gasteiger partial charge >= 0.3 is 0 Å². The van der Waals surface area contributed by atoms with Crippen LogP contribution in [-0.2, 0) is 4.74 Å². The first kappa shape index (κ1) is 11.2. The summed E-state index contributed by atoms with van der Waals surface area (Å²) in [6.45, 7) is 3.56. The van der Waals surface area contributed by atoms with Gasteiger partial charge in [0.15, 0.2) is 0 Å². The van der Waals surface area contributed by atoms with Gasteiger partial charge < -0.3 is 20.7 Å². The molecule has 0 radical (unpaired) electrons. The largest absolute Gasteiger partial charge is 0.396 e. The maximum absolute atomic E-state index is 5.91. The minimum atomic E-state index is 0.367. The lowest BCUT2D eigenvalue weighted by Crippen LogP contribution is -2.52. The molecular weight excluding hydrogens is 204 g/mol. The van der Waals surface area contributed by atoms with Crippen LogP contribution in [0.4, 0.5) is 11.4 Å². The molecule has 0 amide bonds. The Bertz CT molecular complexity index is 343. The second-order valence-corrected chi connectivity index (χ2v) is 3.99. The van der Waals surface area contributed by atoms with Crippen molar-refractivity contribution >= 4 is 11.4 Å². The Hall–Kier alpha value is -1.33. The van der Waals surface area contributed by atoms with Gasteiger partial charge in [-0.05, 0) is 6.07 Å². The maximum Gasteiger partial charge on any atom is 0.0738 e. The first-order valence-electron chi connectivity index (χ1n) is 5.48. The number of anilines is 2. The summed E-state index contributed by atoms with van der Waals surface area (Å²) in [6.07, 6.45) is 3.47. The predicted molar refractivity (Wildman–Crippen MR) is 64.5 cm³/mol. The number of nitrogens with zero attached hydrogens (tertiary/aromatic N) is 2. The minimum absolute atomic E-state index is 0.367. The van der Waals surface area contributed by atoms with Crippen molar-refractivity contribution in [2.75, 3.05) is 44.0 Å². The van der Waals surface area contributed by atoms with Crippen molar-refractivity contribution in [3.05, 3.63) is 18.5 Å². The molecule has 0 aromatic carbocycles. The van der Waals surface area contributed by atoms with Crippen LogP contribution in [0, 0.1) is 0 Å². The van der Waals surface area contributed by atoms with E-state index >= 15 is 0 Å². The van der Waals surface area contributed by atoms with Gasteiger partial charge in [0.2, 0.25) is 0 Å². The summed E-state index contributed by atoms with van der Waals surface area (Å²) in [6, 6.07) is 2.33. The molecule has 0 bridgehead atoms. The predicted octanol–water partition coefficient (Wildman–Crippen LogP) is 0.0884. The molecule has 5 heteroatoms. The number of piperazine rings is 1. The van der Waals surface area contributed by atoms with Gasteiger partial charge in [-0.2, -0.15) is 0 Å². The number of nitrogen functional groups attached to an aromatic ring is 1. The summed E-state index contributed by atoms with van der Waals surface area (Å²) in [5.41, 5.74) is 7.72.